The van der Waals surface area contributed by atoms with E-state index >= 15 is 0 Å². The fourth-order valence-corrected chi connectivity index (χ4v) is 1.17. The lowest BCUT2D eigenvalue weighted by molar-refractivity contribution is 1.03. The smallest absolute Gasteiger partial charge is 0.177 e. The van der Waals surface area contributed by atoms with E-state index in [2.05, 4.69) is 9.97 Å². The van der Waals surface area contributed by atoms with Gasteiger partial charge in [0.2, 0.25) is 0 Å². The molecule has 0 spiro atoms. The molecule has 0 saturated carbocycles. The van der Waals surface area contributed by atoms with Crippen LogP contribution in [0, 0.1) is 6.54 Å². The molecule has 1 radical (unpaired) electrons. The molecule has 2 rings (SSSR count). The molecule has 2 aromatic heterocycles. The van der Waals surface area contributed by atoms with Gasteiger partial charge in [0.1, 0.15) is 0 Å². The Bertz CT molecular complexity index is 428. The highest BCUT2D eigenvalue weighted by molar-refractivity contribution is 5.70. The van der Waals surface area contributed by atoms with Gasteiger partial charge in [-0.25, -0.2) is 9.97 Å². The Hall–Kier alpha value is -1.64. The Morgan fingerprint density at radius 2 is 2.31 bits per heavy atom. The lowest BCUT2D eigenvalue weighted by Crippen LogP contribution is -1.89. The lowest BCUT2D eigenvalue weighted by Gasteiger charge is -1.96. The quantitative estimate of drug-likeness (QED) is 0.693. The van der Waals surface area contributed by atoms with Gasteiger partial charge in [-0.2, -0.15) is 0 Å². The summed E-state index contributed by atoms with van der Waals surface area (Å²) in [5, 5.41) is 0. The molecule has 13 heavy (non-hydrogen) atoms. The standard InChI is InChI=1S/C10H10N3/c1-2-3-7-13-8-12-10-9(13)5-4-6-11-10/h2-8H,1H3/b3-2+. The molecule has 0 N–H and O–H groups in total. The van der Waals surface area contributed by atoms with E-state index in [1.807, 2.05) is 42.3 Å². The predicted molar refractivity (Wildman–Crippen MR) is 52.0 cm³/mol. The van der Waals surface area contributed by atoms with Crippen LogP contribution in [-0.2, 0) is 0 Å². The van der Waals surface area contributed by atoms with Crippen molar-refractivity contribution in [2.24, 2.45) is 0 Å². The molecule has 0 aliphatic carbocycles. The third-order valence-electron chi connectivity index (χ3n) is 1.79. The first-order chi connectivity index (χ1) is 6.42. The minimum atomic E-state index is 0.781. The zero-order valence-corrected chi connectivity index (χ0v) is 7.38. The number of fused-ring (bicyclic) bond motifs is 1. The molecule has 65 valence electrons. The van der Waals surface area contributed by atoms with Crippen LogP contribution in [0.1, 0.15) is 6.92 Å². The van der Waals surface area contributed by atoms with Crippen LogP contribution in [0.3, 0.4) is 0 Å². The van der Waals surface area contributed by atoms with Gasteiger partial charge < -0.3 is 4.57 Å². The third kappa shape index (κ3) is 1.45. The summed E-state index contributed by atoms with van der Waals surface area (Å²) in [6, 6.07) is 3.90. The Labute approximate surface area is 76.7 Å². The first-order valence-electron chi connectivity index (χ1n) is 4.15. The summed E-state index contributed by atoms with van der Waals surface area (Å²) in [5.41, 5.74) is 1.81. The number of aromatic nitrogens is 3. The van der Waals surface area contributed by atoms with Crippen LogP contribution in [-0.4, -0.2) is 14.5 Å². The molecule has 0 aliphatic heterocycles. The van der Waals surface area contributed by atoms with Gasteiger partial charge in [0.25, 0.3) is 0 Å². The molecule has 0 amide bonds. The summed E-state index contributed by atoms with van der Waals surface area (Å²) >= 11 is 0. The SMILES string of the molecule is C/C=C/[CH]n1cnc2ncccc21. The minimum absolute atomic E-state index is 0.781. The van der Waals surface area contributed by atoms with Crippen LogP contribution < -0.4 is 0 Å². The van der Waals surface area contributed by atoms with E-state index in [9.17, 15) is 0 Å². The lowest BCUT2D eigenvalue weighted by atomic mass is 10.4. The number of allylic oxidation sites excluding steroid dienone is 2. The van der Waals surface area contributed by atoms with Crippen molar-refractivity contribution in [2.75, 3.05) is 0 Å². The molecular weight excluding hydrogens is 162 g/mol. The highest BCUT2D eigenvalue weighted by Gasteiger charge is 1.99. The summed E-state index contributed by atoms with van der Waals surface area (Å²) in [5.74, 6) is 0. The Morgan fingerprint density at radius 1 is 1.38 bits per heavy atom. The van der Waals surface area contributed by atoms with Gasteiger partial charge in [-0.3, -0.25) is 0 Å². The van der Waals surface area contributed by atoms with Crippen molar-refractivity contribution in [3.05, 3.63) is 43.4 Å². The number of hydrogen-bond donors (Lipinski definition) is 0. The average molecular weight is 172 g/mol. The van der Waals surface area contributed by atoms with Gasteiger partial charge in [-0.05, 0) is 19.1 Å². The van der Waals surface area contributed by atoms with Crippen molar-refractivity contribution in [3.8, 4) is 0 Å². The predicted octanol–water partition coefficient (Wildman–Crippen LogP) is 2.02. The van der Waals surface area contributed by atoms with Crippen molar-refractivity contribution in [2.45, 2.75) is 6.92 Å². The largest absolute Gasteiger partial charge is 0.320 e. The molecule has 0 saturated heterocycles. The normalized spacial score (nSPS) is 11.5. The Morgan fingerprint density at radius 3 is 3.15 bits per heavy atom. The Kier molecular flexibility index (Phi) is 2.08. The van der Waals surface area contributed by atoms with Crippen molar-refractivity contribution >= 4 is 11.2 Å². The van der Waals surface area contributed by atoms with E-state index in [-0.39, 0.29) is 0 Å². The monoisotopic (exact) mass is 172 g/mol. The topological polar surface area (TPSA) is 30.7 Å². The number of imidazole rings is 1. The molecule has 2 aromatic rings. The highest BCUT2D eigenvalue weighted by atomic mass is 15.1. The van der Waals surface area contributed by atoms with Gasteiger partial charge in [-0.1, -0.05) is 12.2 Å². The number of pyridine rings is 1. The molecular formula is C10H10N3. The first kappa shape index (κ1) is 7.98. The zero-order chi connectivity index (χ0) is 9.10. The molecule has 0 bridgehead atoms. The zero-order valence-electron chi connectivity index (χ0n) is 7.38. The molecule has 0 atom stereocenters. The van der Waals surface area contributed by atoms with E-state index in [4.69, 9.17) is 0 Å². The number of rotatable bonds is 2. The maximum atomic E-state index is 4.16. The summed E-state index contributed by atoms with van der Waals surface area (Å²) < 4.78 is 1.95. The van der Waals surface area contributed by atoms with Gasteiger partial charge >= 0.3 is 0 Å². The highest BCUT2D eigenvalue weighted by Crippen LogP contribution is 2.09. The van der Waals surface area contributed by atoms with Crippen LogP contribution in [0.5, 0.6) is 0 Å². The van der Waals surface area contributed by atoms with Crippen LogP contribution in [0.25, 0.3) is 11.2 Å². The van der Waals surface area contributed by atoms with E-state index in [1.165, 1.54) is 0 Å². The second-order valence-corrected chi connectivity index (χ2v) is 2.67. The maximum absolute atomic E-state index is 4.16. The molecule has 0 aliphatic rings. The van der Waals surface area contributed by atoms with Crippen LogP contribution in [0.2, 0.25) is 0 Å². The molecule has 0 unspecified atom stereocenters. The molecule has 3 nitrogen and oxygen atoms in total. The van der Waals surface area contributed by atoms with Crippen LogP contribution in [0.15, 0.2) is 36.8 Å². The second kappa shape index (κ2) is 3.39. The number of hydrogen-bond acceptors (Lipinski definition) is 2. The number of nitrogens with zero attached hydrogens (tertiary/aromatic N) is 3. The van der Waals surface area contributed by atoms with Crippen molar-refractivity contribution in [1.29, 1.82) is 0 Å². The van der Waals surface area contributed by atoms with Gasteiger partial charge in [0.15, 0.2) is 5.65 Å². The van der Waals surface area contributed by atoms with Crippen molar-refractivity contribution in [3.63, 3.8) is 0 Å². The van der Waals surface area contributed by atoms with E-state index in [0.29, 0.717) is 0 Å². The molecule has 2 heterocycles. The summed E-state index contributed by atoms with van der Waals surface area (Å²) in [6.07, 6.45) is 7.45. The van der Waals surface area contributed by atoms with Crippen LogP contribution in [0.4, 0.5) is 0 Å². The van der Waals surface area contributed by atoms with Crippen molar-refractivity contribution in [1.82, 2.24) is 14.5 Å². The summed E-state index contributed by atoms with van der Waals surface area (Å²) in [4.78, 5) is 8.29. The molecule has 3 heteroatoms. The minimum Gasteiger partial charge on any atom is -0.320 e. The van der Waals surface area contributed by atoms with E-state index in [1.54, 1.807) is 12.5 Å². The van der Waals surface area contributed by atoms with E-state index in [0.717, 1.165) is 11.2 Å². The van der Waals surface area contributed by atoms with Gasteiger partial charge in [0, 0.05) is 6.20 Å². The van der Waals surface area contributed by atoms with E-state index < -0.39 is 0 Å². The maximum Gasteiger partial charge on any atom is 0.177 e. The molecule has 0 fully saturated rings. The van der Waals surface area contributed by atoms with Crippen molar-refractivity contribution < 1.29 is 0 Å². The Balaban J connectivity index is 2.45. The summed E-state index contributed by atoms with van der Waals surface area (Å²) in [6.45, 7) is 3.94. The second-order valence-electron chi connectivity index (χ2n) is 2.67. The van der Waals surface area contributed by atoms with Gasteiger partial charge in [0.05, 0.1) is 18.4 Å². The molecule has 0 aromatic carbocycles. The first-order valence-corrected chi connectivity index (χ1v) is 4.15. The van der Waals surface area contributed by atoms with Crippen LogP contribution >= 0.6 is 0 Å². The summed E-state index contributed by atoms with van der Waals surface area (Å²) in [7, 11) is 0. The fraction of sp³-hybridized carbons (Fsp3) is 0.100. The van der Waals surface area contributed by atoms with Gasteiger partial charge in [-0.15, -0.1) is 0 Å². The average Bonchev–Trinajstić information content (AvgIpc) is 2.58. The fourth-order valence-electron chi connectivity index (χ4n) is 1.17. The third-order valence-corrected chi connectivity index (χ3v) is 1.79.